The van der Waals surface area contributed by atoms with Crippen LogP contribution >= 0.6 is 0 Å². The van der Waals surface area contributed by atoms with Gasteiger partial charge in [-0.25, -0.2) is 4.98 Å². The lowest BCUT2D eigenvalue weighted by molar-refractivity contribution is -0.384. The van der Waals surface area contributed by atoms with E-state index >= 15 is 0 Å². The molecule has 0 saturated heterocycles. The first kappa shape index (κ1) is 19.8. The normalized spacial score (nSPS) is 15.2. The quantitative estimate of drug-likeness (QED) is 0.541. The van der Waals surface area contributed by atoms with Crippen molar-refractivity contribution in [3.63, 3.8) is 0 Å². The molecular formula is C18H20F3N5O2. The van der Waals surface area contributed by atoms with E-state index in [2.05, 4.69) is 20.6 Å². The largest absolute Gasteiger partial charge is 0.433 e. The summed E-state index contributed by atoms with van der Waals surface area (Å²) in [5, 5.41) is 16.7. The minimum Gasteiger partial charge on any atom is -0.366 e. The topological polar surface area (TPSA) is 93.0 Å². The second-order valence-electron chi connectivity index (χ2n) is 6.72. The van der Waals surface area contributed by atoms with Crippen LogP contribution in [0.1, 0.15) is 43.4 Å². The number of nitrogens with one attached hydrogen (secondary N) is 2. The van der Waals surface area contributed by atoms with Gasteiger partial charge in [-0.2, -0.15) is 18.2 Å². The molecule has 0 amide bonds. The highest BCUT2D eigenvalue weighted by molar-refractivity contribution is 5.45. The summed E-state index contributed by atoms with van der Waals surface area (Å²) < 4.78 is 39.6. The van der Waals surface area contributed by atoms with Crippen molar-refractivity contribution < 1.29 is 18.1 Å². The van der Waals surface area contributed by atoms with E-state index < -0.39 is 16.8 Å². The Labute approximate surface area is 159 Å². The summed E-state index contributed by atoms with van der Waals surface area (Å²) in [6.07, 6.45) is 0.306. The van der Waals surface area contributed by atoms with Crippen LogP contribution in [0.5, 0.6) is 0 Å². The Kier molecular flexibility index (Phi) is 5.96. The summed E-state index contributed by atoms with van der Waals surface area (Å²) in [6, 6.07) is 6.77. The predicted molar refractivity (Wildman–Crippen MR) is 98.0 cm³/mol. The van der Waals surface area contributed by atoms with Gasteiger partial charge in [-0.05, 0) is 18.4 Å². The number of nitro groups is 1. The summed E-state index contributed by atoms with van der Waals surface area (Å²) >= 11 is 0. The molecule has 0 atom stereocenters. The van der Waals surface area contributed by atoms with Crippen molar-refractivity contribution in [2.75, 3.05) is 10.6 Å². The van der Waals surface area contributed by atoms with Gasteiger partial charge in [0.15, 0.2) is 5.69 Å². The average Bonchev–Trinajstić information content (AvgIpc) is 2.66. The first-order valence-electron chi connectivity index (χ1n) is 9.01. The summed E-state index contributed by atoms with van der Waals surface area (Å²) in [5.74, 6) is -0.0598. The molecule has 7 nitrogen and oxygen atoms in total. The molecule has 0 radical (unpaired) electrons. The Hall–Kier alpha value is -2.91. The van der Waals surface area contributed by atoms with E-state index in [1.54, 1.807) is 6.07 Å². The molecule has 2 N–H and O–H groups in total. The van der Waals surface area contributed by atoms with Crippen LogP contribution in [0.3, 0.4) is 0 Å². The molecule has 1 saturated carbocycles. The van der Waals surface area contributed by atoms with E-state index in [4.69, 9.17) is 0 Å². The van der Waals surface area contributed by atoms with Crippen molar-refractivity contribution in [2.24, 2.45) is 0 Å². The third kappa shape index (κ3) is 5.30. The van der Waals surface area contributed by atoms with Gasteiger partial charge < -0.3 is 10.6 Å². The zero-order chi connectivity index (χ0) is 20.1. The van der Waals surface area contributed by atoms with Gasteiger partial charge in [-0.3, -0.25) is 10.1 Å². The van der Waals surface area contributed by atoms with Crippen LogP contribution in [0.4, 0.5) is 30.6 Å². The molecule has 28 heavy (non-hydrogen) atoms. The minimum atomic E-state index is -4.60. The Balaban J connectivity index is 1.78. The molecule has 1 aliphatic rings. The van der Waals surface area contributed by atoms with Crippen LogP contribution in [0.2, 0.25) is 0 Å². The van der Waals surface area contributed by atoms with Crippen LogP contribution in [0.15, 0.2) is 30.3 Å². The van der Waals surface area contributed by atoms with Gasteiger partial charge in [0, 0.05) is 30.8 Å². The van der Waals surface area contributed by atoms with Gasteiger partial charge in [0.1, 0.15) is 5.82 Å². The number of anilines is 2. The van der Waals surface area contributed by atoms with E-state index in [0.717, 1.165) is 38.2 Å². The van der Waals surface area contributed by atoms with Gasteiger partial charge >= 0.3 is 6.18 Å². The lowest BCUT2D eigenvalue weighted by Gasteiger charge is -2.23. The molecule has 1 aromatic carbocycles. The second-order valence-corrected chi connectivity index (χ2v) is 6.72. The highest BCUT2D eigenvalue weighted by Crippen LogP contribution is 2.30. The lowest BCUT2D eigenvalue weighted by atomic mass is 9.96. The minimum absolute atomic E-state index is 0.00661. The summed E-state index contributed by atoms with van der Waals surface area (Å²) in [6.45, 7) is 0.0961. The molecule has 3 rings (SSSR count). The molecule has 0 bridgehead atoms. The third-order valence-corrected chi connectivity index (χ3v) is 4.55. The molecule has 2 aromatic rings. The molecule has 0 unspecified atom stereocenters. The van der Waals surface area contributed by atoms with Crippen molar-refractivity contribution in [3.8, 4) is 0 Å². The van der Waals surface area contributed by atoms with Crippen molar-refractivity contribution in [1.29, 1.82) is 0 Å². The number of hydrogen-bond donors (Lipinski definition) is 2. The van der Waals surface area contributed by atoms with E-state index in [0.29, 0.717) is 5.56 Å². The Morgan fingerprint density at radius 3 is 2.57 bits per heavy atom. The number of nitro benzene ring substituents is 1. The van der Waals surface area contributed by atoms with E-state index in [1.807, 2.05) is 0 Å². The maximum atomic E-state index is 13.2. The van der Waals surface area contributed by atoms with E-state index in [1.165, 1.54) is 18.2 Å². The van der Waals surface area contributed by atoms with Crippen LogP contribution in [-0.2, 0) is 12.7 Å². The molecule has 1 aromatic heterocycles. The Morgan fingerprint density at radius 1 is 1.14 bits per heavy atom. The number of nitrogens with zero attached hydrogens (tertiary/aromatic N) is 3. The van der Waals surface area contributed by atoms with Crippen LogP contribution in [0.25, 0.3) is 0 Å². The Morgan fingerprint density at radius 2 is 1.89 bits per heavy atom. The molecule has 10 heteroatoms. The lowest BCUT2D eigenvalue weighted by Crippen LogP contribution is -2.24. The van der Waals surface area contributed by atoms with E-state index in [-0.39, 0.29) is 30.0 Å². The average molecular weight is 395 g/mol. The molecule has 1 heterocycles. The first-order chi connectivity index (χ1) is 13.3. The maximum absolute atomic E-state index is 13.2. The fraction of sp³-hybridized carbons (Fsp3) is 0.444. The molecule has 1 aliphatic carbocycles. The van der Waals surface area contributed by atoms with Crippen LogP contribution in [0, 0.1) is 10.1 Å². The van der Waals surface area contributed by atoms with Gasteiger partial charge in [0.25, 0.3) is 5.69 Å². The third-order valence-electron chi connectivity index (χ3n) is 4.55. The highest BCUT2D eigenvalue weighted by atomic mass is 19.4. The monoisotopic (exact) mass is 395 g/mol. The Bertz CT molecular complexity index is 838. The van der Waals surface area contributed by atoms with Crippen molar-refractivity contribution >= 4 is 17.5 Å². The first-order valence-corrected chi connectivity index (χ1v) is 9.01. The summed E-state index contributed by atoms with van der Waals surface area (Å²) in [5.41, 5.74) is -0.567. The van der Waals surface area contributed by atoms with Gasteiger partial charge in [-0.15, -0.1) is 0 Å². The van der Waals surface area contributed by atoms with Crippen molar-refractivity contribution in [3.05, 3.63) is 51.7 Å². The molecule has 0 aliphatic heterocycles. The number of non-ortho nitro benzene ring substituents is 1. The molecule has 0 spiro atoms. The highest BCUT2D eigenvalue weighted by Gasteiger charge is 2.34. The zero-order valence-corrected chi connectivity index (χ0v) is 15.0. The van der Waals surface area contributed by atoms with Crippen molar-refractivity contribution in [2.45, 2.75) is 50.9 Å². The number of alkyl halides is 3. The summed E-state index contributed by atoms with van der Waals surface area (Å²) in [4.78, 5) is 18.1. The van der Waals surface area contributed by atoms with E-state index in [9.17, 15) is 23.3 Å². The van der Waals surface area contributed by atoms with Gasteiger partial charge in [0.05, 0.1) is 4.92 Å². The van der Waals surface area contributed by atoms with Gasteiger partial charge in [-0.1, -0.05) is 31.4 Å². The standard InChI is InChI=1S/C18H20F3N5O2/c19-18(20,21)15-10-16(22-11-12-5-4-8-14(9-12)26(27)28)25-17(24-15)23-13-6-2-1-3-7-13/h4-5,8-10,13H,1-3,6-7,11H2,(H2,22,23,24,25). The SMILES string of the molecule is O=[N+]([O-])c1cccc(CNc2cc(C(F)(F)F)nc(NC3CCCCC3)n2)c1. The number of aromatic nitrogens is 2. The maximum Gasteiger partial charge on any atom is 0.433 e. The predicted octanol–water partition coefficient (Wildman–Crippen LogP) is 4.76. The van der Waals surface area contributed by atoms with Crippen LogP contribution in [-0.4, -0.2) is 20.9 Å². The number of halogens is 3. The number of benzene rings is 1. The zero-order valence-electron chi connectivity index (χ0n) is 15.0. The molecule has 1 fully saturated rings. The fourth-order valence-corrected chi connectivity index (χ4v) is 3.15. The second kappa shape index (κ2) is 8.41. The smallest absolute Gasteiger partial charge is 0.366 e. The summed E-state index contributed by atoms with van der Waals surface area (Å²) in [7, 11) is 0. The fourth-order valence-electron chi connectivity index (χ4n) is 3.15. The number of rotatable bonds is 6. The molecular weight excluding hydrogens is 375 g/mol. The van der Waals surface area contributed by atoms with Crippen molar-refractivity contribution in [1.82, 2.24) is 9.97 Å². The van der Waals surface area contributed by atoms with Gasteiger partial charge in [0.2, 0.25) is 5.95 Å². The van der Waals surface area contributed by atoms with Crippen LogP contribution < -0.4 is 10.6 Å². The molecule has 150 valence electrons. The number of hydrogen-bond acceptors (Lipinski definition) is 6.